The fraction of sp³-hybridized carbons (Fsp3) is 0.647. The van der Waals surface area contributed by atoms with E-state index in [4.69, 9.17) is 4.74 Å². The lowest BCUT2D eigenvalue weighted by Crippen LogP contribution is -2.39. The molecule has 0 radical (unpaired) electrons. The molecule has 0 unspecified atom stereocenters. The van der Waals surface area contributed by atoms with Gasteiger partial charge in [-0.1, -0.05) is 24.3 Å². The van der Waals surface area contributed by atoms with Gasteiger partial charge in [-0.25, -0.2) is 0 Å². The van der Waals surface area contributed by atoms with Gasteiger partial charge in [-0.2, -0.15) is 0 Å². The second kappa shape index (κ2) is 8.40. The molecule has 0 amide bonds. The van der Waals surface area contributed by atoms with E-state index in [0.29, 0.717) is 19.2 Å². The third-order valence-electron chi connectivity index (χ3n) is 3.43. The van der Waals surface area contributed by atoms with Crippen molar-refractivity contribution in [2.75, 3.05) is 13.2 Å². The molecule has 0 fully saturated rings. The third-order valence-corrected chi connectivity index (χ3v) is 3.43. The third kappa shape index (κ3) is 6.04. The number of rotatable bonds is 8. The van der Waals surface area contributed by atoms with Crippen molar-refractivity contribution in [1.29, 1.82) is 0 Å². The normalized spacial score (nSPS) is 13.4. The van der Waals surface area contributed by atoms with Gasteiger partial charge in [-0.3, -0.25) is 4.90 Å². The monoisotopic (exact) mass is 279 g/mol. The van der Waals surface area contributed by atoms with Crippen LogP contribution < -0.4 is 0 Å². The minimum atomic E-state index is -0.441. The molecule has 1 aromatic rings. The number of ether oxygens (including phenoxy) is 1. The Morgan fingerprint density at radius 1 is 1.15 bits per heavy atom. The first-order valence-corrected chi connectivity index (χ1v) is 7.48. The highest BCUT2D eigenvalue weighted by Crippen LogP contribution is 2.13. The van der Waals surface area contributed by atoms with Crippen molar-refractivity contribution in [3.8, 4) is 0 Å². The number of hydrogen-bond acceptors (Lipinski definition) is 3. The van der Waals surface area contributed by atoms with Gasteiger partial charge in [0.2, 0.25) is 0 Å². The molecule has 114 valence electrons. The Kier molecular flexibility index (Phi) is 7.20. The van der Waals surface area contributed by atoms with Crippen molar-refractivity contribution >= 4 is 0 Å². The number of aliphatic hydroxyl groups is 1. The molecular formula is C17H29NO2. The van der Waals surface area contributed by atoms with E-state index < -0.39 is 6.10 Å². The molecule has 0 saturated heterocycles. The quantitative estimate of drug-likeness (QED) is 0.794. The van der Waals surface area contributed by atoms with Gasteiger partial charge in [0.25, 0.3) is 0 Å². The number of nitrogens with zero attached hydrogens (tertiary/aromatic N) is 1. The first-order chi connectivity index (χ1) is 9.40. The minimum absolute atomic E-state index is 0.161. The first kappa shape index (κ1) is 17.2. The number of aryl methyl sites for hydroxylation is 1. The molecule has 0 aliphatic rings. The van der Waals surface area contributed by atoms with Crippen molar-refractivity contribution in [2.45, 2.75) is 59.4 Å². The Bertz CT molecular complexity index is 390. The van der Waals surface area contributed by atoms with Crippen LogP contribution in [-0.2, 0) is 11.3 Å². The minimum Gasteiger partial charge on any atom is -0.389 e. The zero-order valence-electron chi connectivity index (χ0n) is 13.5. The summed E-state index contributed by atoms with van der Waals surface area (Å²) in [6.07, 6.45) is -0.280. The lowest BCUT2D eigenvalue weighted by Gasteiger charge is -2.29. The van der Waals surface area contributed by atoms with Gasteiger partial charge >= 0.3 is 0 Å². The summed E-state index contributed by atoms with van der Waals surface area (Å²) in [4.78, 5) is 2.29. The van der Waals surface area contributed by atoms with Crippen molar-refractivity contribution in [2.24, 2.45) is 0 Å². The lowest BCUT2D eigenvalue weighted by atomic mass is 10.1. The standard InChI is InChI=1S/C17H29NO2/c1-13(2)18(11-17(19)12-20-14(3)4)10-16-9-7-6-8-15(16)5/h6-9,13-14,17,19H,10-12H2,1-5H3/t17-/m0/s1. The maximum absolute atomic E-state index is 10.1. The molecule has 3 nitrogen and oxygen atoms in total. The van der Waals surface area contributed by atoms with Crippen molar-refractivity contribution in [3.05, 3.63) is 35.4 Å². The fourth-order valence-electron chi connectivity index (χ4n) is 2.09. The summed E-state index contributed by atoms with van der Waals surface area (Å²) in [5, 5.41) is 10.1. The van der Waals surface area contributed by atoms with Crippen LogP contribution in [0.2, 0.25) is 0 Å². The summed E-state index contributed by atoms with van der Waals surface area (Å²) in [5.74, 6) is 0. The molecule has 0 aliphatic heterocycles. The summed E-state index contributed by atoms with van der Waals surface area (Å²) in [7, 11) is 0. The summed E-state index contributed by atoms with van der Waals surface area (Å²) in [6, 6.07) is 8.81. The second-order valence-corrected chi connectivity index (χ2v) is 5.99. The van der Waals surface area contributed by atoms with Gasteiger partial charge in [0.15, 0.2) is 0 Å². The summed E-state index contributed by atoms with van der Waals surface area (Å²) in [5.41, 5.74) is 2.62. The molecule has 0 aromatic heterocycles. The van der Waals surface area contributed by atoms with Gasteiger partial charge < -0.3 is 9.84 Å². The zero-order valence-corrected chi connectivity index (χ0v) is 13.5. The zero-order chi connectivity index (χ0) is 15.1. The average Bonchev–Trinajstić information content (AvgIpc) is 2.38. The maximum Gasteiger partial charge on any atom is 0.0900 e. The predicted molar refractivity (Wildman–Crippen MR) is 83.8 cm³/mol. The Hall–Kier alpha value is -0.900. The SMILES string of the molecule is Cc1ccccc1CN(C[C@H](O)COC(C)C)C(C)C. The largest absolute Gasteiger partial charge is 0.389 e. The molecule has 1 atom stereocenters. The second-order valence-electron chi connectivity index (χ2n) is 5.99. The maximum atomic E-state index is 10.1. The van der Waals surface area contributed by atoms with Gasteiger partial charge in [0.05, 0.1) is 18.8 Å². The van der Waals surface area contributed by atoms with Gasteiger partial charge in [0, 0.05) is 19.1 Å². The molecule has 0 bridgehead atoms. The van der Waals surface area contributed by atoms with E-state index in [1.165, 1.54) is 11.1 Å². The van der Waals surface area contributed by atoms with Crippen molar-refractivity contribution in [1.82, 2.24) is 4.90 Å². The Morgan fingerprint density at radius 3 is 2.35 bits per heavy atom. The van der Waals surface area contributed by atoms with Crippen LogP contribution in [0.25, 0.3) is 0 Å². The van der Waals surface area contributed by atoms with Crippen LogP contribution >= 0.6 is 0 Å². The van der Waals surface area contributed by atoms with Crippen LogP contribution in [-0.4, -0.2) is 41.4 Å². The topological polar surface area (TPSA) is 32.7 Å². The van der Waals surface area contributed by atoms with Crippen LogP contribution in [0.3, 0.4) is 0 Å². The number of aliphatic hydroxyl groups excluding tert-OH is 1. The fourth-order valence-corrected chi connectivity index (χ4v) is 2.09. The average molecular weight is 279 g/mol. The highest BCUT2D eigenvalue weighted by atomic mass is 16.5. The van der Waals surface area contributed by atoms with Crippen LogP contribution in [0.1, 0.15) is 38.8 Å². The van der Waals surface area contributed by atoms with Gasteiger partial charge in [-0.15, -0.1) is 0 Å². The molecule has 1 N–H and O–H groups in total. The van der Waals surface area contributed by atoms with E-state index in [-0.39, 0.29) is 6.10 Å². The summed E-state index contributed by atoms with van der Waals surface area (Å²) < 4.78 is 5.48. The van der Waals surface area contributed by atoms with Crippen LogP contribution in [0.4, 0.5) is 0 Å². The molecule has 0 saturated carbocycles. The molecule has 1 aromatic carbocycles. The molecule has 20 heavy (non-hydrogen) atoms. The Balaban J connectivity index is 2.59. The highest BCUT2D eigenvalue weighted by molar-refractivity contribution is 5.25. The highest BCUT2D eigenvalue weighted by Gasteiger charge is 2.16. The van der Waals surface area contributed by atoms with E-state index in [2.05, 4.69) is 49.9 Å². The van der Waals surface area contributed by atoms with Gasteiger partial charge in [0.1, 0.15) is 0 Å². The molecule has 0 heterocycles. The number of hydrogen-bond donors (Lipinski definition) is 1. The lowest BCUT2D eigenvalue weighted by molar-refractivity contribution is -0.0136. The molecule has 0 spiro atoms. The first-order valence-electron chi connectivity index (χ1n) is 7.48. The Labute approximate surface area is 123 Å². The van der Waals surface area contributed by atoms with Crippen LogP contribution in [0.5, 0.6) is 0 Å². The number of benzene rings is 1. The van der Waals surface area contributed by atoms with E-state index in [0.717, 1.165) is 6.54 Å². The van der Waals surface area contributed by atoms with E-state index in [9.17, 15) is 5.11 Å². The molecule has 1 rings (SSSR count). The molecule has 0 aliphatic carbocycles. The van der Waals surface area contributed by atoms with Crippen LogP contribution in [0.15, 0.2) is 24.3 Å². The summed E-state index contributed by atoms with van der Waals surface area (Å²) >= 11 is 0. The van der Waals surface area contributed by atoms with E-state index in [1.807, 2.05) is 13.8 Å². The van der Waals surface area contributed by atoms with Gasteiger partial charge in [-0.05, 0) is 45.7 Å². The smallest absolute Gasteiger partial charge is 0.0900 e. The van der Waals surface area contributed by atoms with Crippen molar-refractivity contribution in [3.63, 3.8) is 0 Å². The molecular weight excluding hydrogens is 250 g/mol. The van der Waals surface area contributed by atoms with Crippen LogP contribution in [0, 0.1) is 6.92 Å². The summed E-state index contributed by atoms with van der Waals surface area (Å²) in [6.45, 7) is 12.3. The van der Waals surface area contributed by atoms with Crippen molar-refractivity contribution < 1.29 is 9.84 Å². The van der Waals surface area contributed by atoms with E-state index >= 15 is 0 Å². The predicted octanol–water partition coefficient (Wildman–Crippen LogP) is 2.99. The van der Waals surface area contributed by atoms with E-state index in [1.54, 1.807) is 0 Å². The molecule has 3 heteroatoms. The Morgan fingerprint density at radius 2 is 1.80 bits per heavy atom.